The molecule has 22 heavy (non-hydrogen) atoms. The van der Waals surface area contributed by atoms with Gasteiger partial charge >= 0.3 is 12.1 Å². The van der Waals surface area contributed by atoms with Crippen LogP contribution in [0.15, 0.2) is 0 Å². The molecule has 7 heteroatoms. The monoisotopic (exact) mass is 316 g/mol. The molecule has 0 aromatic heterocycles. The highest BCUT2D eigenvalue weighted by molar-refractivity contribution is 5.73. The maximum absolute atomic E-state index is 11.9. The quantitative estimate of drug-likeness (QED) is 0.659. The van der Waals surface area contributed by atoms with Crippen LogP contribution in [-0.4, -0.2) is 66.1 Å². The van der Waals surface area contributed by atoms with Gasteiger partial charge in [0.1, 0.15) is 5.60 Å². The first-order valence-corrected chi connectivity index (χ1v) is 7.70. The van der Waals surface area contributed by atoms with Crippen molar-refractivity contribution in [3.05, 3.63) is 0 Å². The second-order valence-electron chi connectivity index (χ2n) is 6.66. The van der Waals surface area contributed by atoms with Crippen molar-refractivity contribution in [2.24, 2.45) is 0 Å². The lowest BCUT2D eigenvalue weighted by Gasteiger charge is -2.49. The number of rotatable bonds is 8. The Morgan fingerprint density at radius 2 is 1.95 bits per heavy atom. The number of carboxylic acids is 1. The van der Waals surface area contributed by atoms with Crippen molar-refractivity contribution in [3.63, 3.8) is 0 Å². The average molecular weight is 316 g/mol. The van der Waals surface area contributed by atoms with E-state index in [4.69, 9.17) is 14.6 Å². The summed E-state index contributed by atoms with van der Waals surface area (Å²) in [4.78, 5) is 24.5. The van der Waals surface area contributed by atoms with Gasteiger partial charge in [0.25, 0.3) is 0 Å². The highest BCUT2D eigenvalue weighted by Crippen LogP contribution is 2.26. The Bertz CT molecular complexity index is 386. The Morgan fingerprint density at radius 1 is 1.32 bits per heavy atom. The van der Waals surface area contributed by atoms with Gasteiger partial charge in [0.15, 0.2) is 0 Å². The van der Waals surface area contributed by atoms with E-state index in [2.05, 4.69) is 5.32 Å². The van der Waals surface area contributed by atoms with Crippen LogP contribution in [0.1, 0.15) is 40.5 Å². The Kier molecular flexibility index (Phi) is 6.62. The minimum absolute atomic E-state index is 0.0130. The van der Waals surface area contributed by atoms with Gasteiger partial charge in [-0.3, -0.25) is 4.79 Å². The van der Waals surface area contributed by atoms with Crippen LogP contribution in [0.5, 0.6) is 0 Å². The Labute approximate surface area is 131 Å². The van der Waals surface area contributed by atoms with E-state index >= 15 is 0 Å². The third kappa shape index (κ3) is 6.19. The largest absolute Gasteiger partial charge is 0.481 e. The van der Waals surface area contributed by atoms with E-state index in [1.807, 2.05) is 6.92 Å². The van der Waals surface area contributed by atoms with Crippen LogP contribution in [0.2, 0.25) is 0 Å². The molecular weight excluding hydrogens is 288 g/mol. The van der Waals surface area contributed by atoms with Crippen molar-refractivity contribution in [1.82, 2.24) is 10.2 Å². The van der Waals surface area contributed by atoms with Crippen molar-refractivity contribution >= 4 is 12.1 Å². The van der Waals surface area contributed by atoms with Gasteiger partial charge in [-0.05, 0) is 40.7 Å². The van der Waals surface area contributed by atoms with E-state index in [1.165, 1.54) is 4.90 Å². The zero-order chi connectivity index (χ0) is 16.8. The van der Waals surface area contributed by atoms with Crippen molar-refractivity contribution in [2.45, 2.75) is 51.7 Å². The van der Waals surface area contributed by atoms with Crippen LogP contribution in [0, 0.1) is 0 Å². The van der Waals surface area contributed by atoms with Crippen LogP contribution < -0.4 is 5.32 Å². The fourth-order valence-corrected chi connectivity index (χ4v) is 2.39. The third-order valence-electron chi connectivity index (χ3n) is 3.30. The summed E-state index contributed by atoms with van der Waals surface area (Å²) in [5.41, 5.74) is -1.11. The summed E-state index contributed by atoms with van der Waals surface area (Å²) in [5.74, 6) is -0.874. The first kappa shape index (κ1) is 18.7. The molecule has 1 aliphatic rings. The highest BCUT2D eigenvalue weighted by atomic mass is 16.6. The summed E-state index contributed by atoms with van der Waals surface area (Å²) in [6, 6.07) is 0. The number of nitrogens with zero attached hydrogens (tertiary/aromatic N) is 1. The van der Waals surface area contributed by atoms with Crippen molar-refractivity contribution in [2.75, 3.05) is 32.8 Å². The predicted molar refractivity (Wildman–Crippen MR) is 81.9 cm³/mol. The summed E-state index contributed by atoms with van der Waals surface area (Å²) < 4.78 is 10.5. The molecule has 0 aromatic carbocycles. The predicted octanol–water partition coefficient (Wildman–Crippen LogP) is 1.47. The van der Waals surface area contributed by atoms with Crippen molar-refractivity contribution in [3.8, 4) is 0 Å². The molecule has 0 atom stereocenters. The van der Waals surface area contributed by atoms with Crippen LogP contribution >= 0.6 is 0 Å². The summed E-state index contributed by atoms with van der Waals surface area (Å²) in [6.07, 6.45) is 0.396. The summed E-state index contributed by atoms with van der Waals surface area (Å²) in [7, 11) is 0. The fraction of sp³-hybridized carbons (Fsp3) is 0.867. The van der Waals surface area contributed by atoms with E-state index in [9.17, 15) is 9.59 Å². The molecule has 0 spiro atoms. The number of ether oxygens (including phenoxy) is 2. The van der Waals surface area contributed by atoms with Gasteiger partial charge in [0, 0.05) is 26.3 Å². The molecule has 7 nitrogen and oxygen atoms in total. The number of hydrogen-bond acceptors (Lipinski definition) is 5. The van der Waals surface area contributed by atoms with Gasteiger partial charge in [-0.2, -0.15) is 0 Å². The minimum atomic E-state index is -0.874. The number of aliphatic carboxylic acids is 1. The van der Waals surface area contributed by atoms with Gasteiger partial charge in [0.2, 0.25) is 0 Å². The van der Waals surface area contributed by atoms with Crippen LogP contribution in [-0.2, 0) is 14.3 Å². The number of carbonyl (C=O) groups is 2. The Hall–Kier alpha value is -1.34. The number of carbonyl (C=O) groups excluding carboxylic acids is 1. The average Bonchev–Trinajstić information content (AvgIpc) is 2.31. The molecule has 1 amide bonds. The molecule has 0 unspecified atom stereocenters. The molecule has 0 aliphatic carbocycles. The highest BCUT2D eigenvalue weighted by Gasteiger charge is 2.47. The molecule has 0 radical (unpaired) electrons. The third-order valence-corrected chi connectivity index (χ3v) is 3.30. The number of hydrogen-bond donors (Lipinski definition) is 2. The molecule has 1 rings (SSSR count). The maximum Gasteiger partial charge on any atom is 0.410 e. The number of nitrogens with one attached hydrogen (secondary N) is 1. The number of likely N-dealkylation sites (tertiary alicyclic amines) is 1. The van der Waals surface area contributed by atoms with Crippen molar-refractivity contribution < 1.29 is 24.2 Å². The van der Waals surface area contributed by atoms with E-state index in [-0.39, 0.29) is 6.42 Å². The molecule has 1 saturated heterocycles. The molecule has 0 aromatic rings. The fourth-order valence-electron chi connectivity index (χ4n) is 2.39. The van der Waals surface area contributed by atoms with Gasteiger partial charge in [-0.1, -0.05) is 0 Å². The zero-order valence-corrected chi connectivity index (χ0v) is 14.0. The van der Waals surface area contributed by atoms with Crippen LogP contribution in [0.25, 0.3) is 0 Å². The zero-order valence-electron chi connectivity index (χ0n) is 14.0. The van der Waals surface area contributed by atoms with Gasteiger partial charge in [0.05, 0.1) is 12.0 Å². The maximum atomic E-state index is 11.9. The lowest BCUT2D eigenvalue weighted by atomic mass is 9.86. The Morgan fingerprint density at radius 3 is 2.45 bits per heavy atom. The first-order valence-electron chi connectivity index (χ1n) is 7.70. The second-order valence-corrected chi connectivity index (χ2v) is 6.66. The van der Waals surface area contributed by atoms with E-state index < -0.39 is 23.2 Å². The lowest BCUT2D eigenvalue weighted by molar-refractivity contribution is -0.141. The number of carboxylic acid groups (broad SMARTS) is 1. The minimum Gasteiger partial charge on any atom is -0.481 e. The second kappa shape index (κ2) is 7.78. The summed E-state index contributed by atoms with van der Waals surface area (Å²) >= 11 is 0. The van der Waals surface area contributed by atoms with Gasteiger partial charge in [-0.25, -0.2) is 4.79 Å². The molecule has 1 aliphatic heterocycles. The molecule has 0 saturated carbocycles. The van der Waals surface area contributed by atoms with Crippen molar-refractivity contribution in [1.29, 1.82) is 0 Å². The smallest absolute Gasteiger partial charge is 0.410 e. The van der Waals surface area contributed by atoms with E-state index in [0.29, 0.717) is 32.8 Å². The molecule has 128 valence electrons. The summed E-state index contributed by atoms with van der Waals surface area (Å²) in [6.45, 7) is 10.0. The summed E-state index contributed by atoms with van der Waals surface area (Å²) in [5, 5.41) is 12.3. The SMILES string of the molecule is CCOCCCNC1(CC(=O)O)CN(C(=O)OC(C)(C)C)C1. The lowest BCUT2D eigenvalue weighted by Crippen LogP contribution is -2.71. The standard InChI is InChI=1S/C15H28N2O5/c1-5-21-8-6-7-16-15(9-12(18)19)10-17(11-15)13(20)22-14(2,3)4/h16H,5-11H2,1-4H3,(H,18,19). The van der Waals surface area contributed by atoms with Crippen LogP contribution in [0.3, 0.4) is 0 Å². The molecular formula is C15H28N2O5. The molecule has 1 fully saturated rings. The normalized spacial score (nSPS) is 17.0. The topological polar surface area (TPSA) is 88.1 Å². The number of amides is 1. The first-order chi connectivity index (χ1) is 10.2. The Balaban J connectivity index is 2.45. The van der Waals surface area contributed by atoms with Crippen LogP contribution in [0.4, 0.5) is 4.79 Å². The van der Waals surface area contributed by atoms with Gasteiger partial charge in [-0.15, -0.1) is 0 Å². The molecule has 2 N–H and O–H groups in total. The molecule has 1 heterocycles. The molecule has 0 bridgehead atoms. The van der Waals surface area contributed by atoms with E-state index in [0.717, 1.165) is 6.42 Å². The van der Waals surface area contributed by atoms with Gasteiger partial charge < -0.3 is 24.8 Å². The van der Waals surface area contributed by atoms with E-state index in [1.54, 1.807) is 20.8 Å².